The fraction of sp³-hybridized carbons (Fsp3) is 0.455. The Labute approximate surface area is 71.3 Å². The zero-order chi connectivity index (χ0) is 9.28. The molecule has 0 N–H and O–H groups in total. The first kappa shape index (κ1) is 12.9. The van der Waals surface area contributed by atoms with E-state index in [9.17, 15) is 0 Å². The van der Waals surface area contributed by atoms with E-state index < -0.39 is 0 Å². The van der Waals surface area contributed by atoms with Gasteiger partial charge >= 0.3 is 0 Å². The van der Waals surface area contributed by atoms with Crippen molar-refractivity contribution in [2.45, 2.75) is 33.6 Å². The minimum Gasteiger partial charge on any atom is -0.0999 e. The summed E-state index contributed by atoms with van der Waals surface area (Å²) in [5.74, 6) is 0. The van der Waals surface area contributed by atoms with Crippen LogP contribution in [0.4, 0.5) is 0 Å². The van der Waals surface area contributed by atoms with E-state index in [0.29, 0.717) is 0 Å². The summed E-state index contributed by atoms with van der Waals surface area (Å²) >= 11 is 0. The van der Waals surface area contributed by atoms with E-state index in [2.05, 4.69) is 33.6 Å². The highest BCUT2D eigenvalue weighted by atomic mass is 13.8. The number of hydrogen-bond donors (Lipinski definition) is 0. The number of rotatable bonds is 3. The molecule has 0 unspecified atom stereocenters. The van der Waals surface area contributed by atoms with E-state index in [1.807, 2.05) is 6.92 Å². The Bertz CT molecular complexity index is 123. The average Bonchev–Trinajstić information content (AvgIpc) is 2.04. The lowest BCUT2D eigenvalue weighted by Crippen LogP contribution is -1.68. The summed E-state index contributed by atoms with van der Waals surface area (Å²) in [7, 11) is 0. The number of hydrogen-bond acceptors (Lipinski definition) is 0. The molecule has 0 aliphatic heterocycles. The van der Waals surface area contributed by atoms with Crippen LogP contribution < -0.4 is 0 Å². The Kier molecular flexibility index (Phi) is 10.8. The molecule has 0 aliphatic carbocycles. The smallest absolute Gasteiger partial charge is 0.0352 e. The lowest BCUT2D eigenvalue weighted by Gasteiger charge is -1.89. The van der Waals surface area contributed by atoms with Gasteiger partial charge in [0, 0.05) is 0 Å². The van der Waals surface area contributed by atoms with Crippen molar-refractivity contribution in [3.05, 3.63) is 37.0 Å². The monoisotopic (exact) mass is 152 g/mol. The Hall–Kier alpha value is -0.780. The SMILES string of the molecule is C=C(CC)CC.C=CC(=C)C. The first-order chi connectivity index (χ1) is 5.08. The molecule has 0 saturated carbocycles. The third-order valence-corrected chi connectivity index (χ3v) is 1.35. The van der Waals surface area contributed by atoms with Crippen molar-refractivity contribution in [3.8, 4) is 0 Å². The van der Waals surface area contributed by atoms with Crippen LogP contribution in [-0.2, 0) is 0 Å². The predicted octanol–water partition coefficient (Wildman–Crippen LogP) is 4.11. The van der Waals surface area contributed by atoms with E-state index >= 15 is 0 Å². The van der Waals surface area contributed by atoms with Crippen LogP contribution in [0.15, 0.2) is 37.0 Å². The molecule has 0 aromatic heterocycles. The van der Waals surface area contributed by atoms with Gasteiger partial charge in [0.1, 0.15) is 0 Å². The molecule has 0 spiro atoms. The maximum atomic E-state index is 3.79. The van der Waals surface area contributed by atoms with Crippen LogP contribution in [0, 0.1) is 0 Å². The third-order valence-electron chi connectivity index (χ3n) is 1.35. The lowest BCUT2D eigenvalue weighted by molar-refractivity contribution is 0.986. The molecule has 0 heteroatoms. The van der Waals surface area contributed by atoms with E-state index in [-0.39, 0.29) is 0 Å². The molecule has 0 aliphatic rings. The van der Waals surface area contributed by atoms with E-state index in [4.69, 9.17) is 0 Å². The van der Waals surface area contributed by atoms with Crippen molar-refractivity contribution in [1.82, 2.24) is 0 Å². The van der Waals surface area contributed by atoms with Crippen LogP contribution in [0.1, 0.15) is 33.6 Å². The molecule has 0 heterocycles. The van der Waals surface area contributed by atoms with Crippen molar-refractivity contribution in [2.24, 2.45) is 0 Å². The Balaban J connectivity index is 0. The summed E-state index contributed by atoms with van der Waals surface area (Å²) in [5.41, 5.74) is 2.36. The van der Waals surface area contributed by atoms with Gasteiger partial charge < -0.3 is 0 Å². The van der Waals surface area contributed by atoms with Crippen LogP contribution in [0.5, 0.6) is 0 Å². The zero-order valence-electron chi connectivity index (χ0n) is 8.11. The maximum absolute atomic E-state index is 3.79. The normalized spacial score (nSPS) is 7.55. The zero-order valence-corrected chi connectivity index (χ0v) is 8.11. The fourth-order valence-corrected chi connectivity index (χ4v) is 0.250. The summed E-state index contributed by atoms with van der Waals surface area (Å²) in [4.78, 5) is 0. The predicted molar refractivity (Wildman–Crippen MR) is 54.7 cm³/mol. The van der Waals surface area contributed by atoms with Crippen molar-refractivity contribution < 1.29 is 0 Å². The van der Waals surface area contributed by atoms with Crippen LogP contribution in [0.2, 0.25) is 0 Å². The molecule has 0 nitrogen and oxygen atoms in total. The second kappa shape index (κ2) is 9.22. The molecular weight excluding hydrogens is 132 g/mol. The summed E-state index contributed by atoms with van der Waals surface area (Å²) in [6, 6.07) is 0. The number of allylic oxidation sites excluding steroid dienone is 3. The second-order valence-corrected chi connectivity index (χ2v) is 2.51. The summed E-state index contributed by atoms with van der Waals surface area (Å²) in [6.07, 6.45) is 3.99. The van der Waals surface area contributed by atoms with Gasteiger partial charge in [-0.3, -0.25) is 0 Å². The second-order valence-electron chi connectivity index (χ2n) is 2.51. The van der Waals surface area contributed by atoms with Gasteiger partial charge in [0.15, 0.2) is 0 Å². The van der Waals surface area contributed by atoms with Crippen molar-refractivity contribution >= 4 is 0 Å². The largest absolute Gasteiger partial charge is 0.0999 e. The molecule has 0 bridgehead atoms. The standard InChI is InChI=1S/C6H12.C5H8/c1-4-6(3)5-2;1-4-5(2)3/h3-5H2,1-2H3;4H,1-2H2,3H3. The van der Waals surface area contributed by atoms with Gasteiger partial charge in [0.25, 0.3) is 0 Å². The highest BCUT2D eigenvalue weighted by Crippen LogP contribution is 1.98. The molecule has 0 rings (SSSR count). The Morgan fingerprint density at radius 2 is 1.45 bits per heavy atom. The summed E-state index contributed by atoms with van der Waals surface area (Å²) in [6.45, 7) is 17.0. The molecule has 0 atom stereocenters. The fourth-order valence-electron chi connectivity index (χ4n) is 0.250. The van der Waals surface area contributed by atoms with Crippen LogP contribution in [0.25, 0.3) is 0 Å². The molecule has 0 saturated heterocycles. The van der Waals surface area contributed by atoms with Gasteiger partial charge in [-0.1, -0.05) is 50.8 Å². The minimum atomic E-state index is 1.02. The molecule has 64 valence electrons. The lowest BCUT2D eigenvalue weighted by atomic mass is 10.2. The van der Waals surface area contributed by atoms with Gasteiger partial charge in [-0.2, -0.15) is 0 Å². The van der Waals surface area contributed by atoms with E-state index in [0.717, 1.165) is 18.4 Å². The molecule has 0 amide bonds. The van der Waals surface area contributed by atoms with Crippen molar-refractivity contribution in [2.75, 3.05) is 0 Å². The molecule has 0 fully saturated rings. The topological polar surface area (TPSA) is 0 Å². The highest BCUT2D eigenvalue weighted by molar-refractivity contribution is 5.05. The third kappa shape index (κ3) is 17.6. The maximum Gasteiger partial charge on any atom is -0.0352 e. The van der Waals surface area contributed by atoms with Crippen LogP contribution >= 0.6 is 0 Å². The van der Waals surface area contributed by atoms with Gasteiger partial charge in [-0.05, 0) is 19.8 Å². The average molecular weight is 152 g/mol. The minimum absolute atomic E-state index is 1.02. The van der Waals surface area contributed by atoms with Crippen molar-refractivity contribution in [1.29, 1.82) is 0 Å². The highest BCUT2D eigenvalue weighted by Gasteiger charge is 1.78. The van der Waals surface area contributed by atoms with Gasteiger partial charge in [0.2, 0.25) is 0 Å². The Morgan fingerprint density at radius 1 is 1.18 bits per heavy atom. The molecule has 0 aromatic carbocycles. The van der Waals surface area contributed by atoms with Crippen LogP contribution in [-0.4, -0.2) is 0 Å². The molecule has 0 radical (unpaired) electrons. The summed E-state index contributed by atoms with van der Waals surface area (Å²) < 4.78 is 0. The first-order valence-corrected chi connectivity index (χ1v) is 4.03. The van der Waals surface area contributed by atoms with Crippen molar-refractivity contribution in [3.63, 3.8) is 0 Å². The van der Waals surface area contributed by atoms with Crippen LogP contribution in [0.3, 0.4) is 0 Å². The van der Waals surface area contributed by atoms with Gasteiger partial charge in [-0.15, -0.1) is 0 Å². The van der Waals surface area contributed by atoms with Gasteiger partial charge in [0.05, 0.1) is 0 Å². The Morgan fingerprint density at radius 3 is 1.45 bits per heavy atom. The quantitative estimate of drug-likeness (QED) is 0.421. The molecule has 11 heavy (non-hydrogen) atoms. The molecular formula is C11H20. The first-order valence-electron chi connectivity index (χ1n) is 4.03. The van der Waals surface area contributed by atoms with E-state index in [1.165, 1.54) is 5.57 Å². The van der Waals surface area contributed by atoms with E-state index in [1.54, 1.807) is 6.08 Å². The summed E-state index contributed by atoms with van der Waals surface area (Å²) in [5, 5.41) is 0. The van der Waals surface area contributed by atoms with Gasteiger partial charge in [-0.25, -0.2) is 0 Å². The molecule has 0 aromatic rings.